The van der Waals surface area contributed by atoms with Crippen molar-refractivity contribution >= 4 is 17.6 Å². The van der Waals surface area contributed by atoms with Crippen LogP contribution in [0.2, 0.25) is 0 Å². The van der Waals surface area contributed by atoms with Crippen molar-refractivity contribution in [3.63, 3.8) is 0 Å². The van der Waals surface area contributed by atoms with Crippen LogP contribution in [0.4, 0.5) is 5.69 Å². The van der Waals surface area contributed by atoms with E-state index in [1.165, 1.54) is 0 Å². The molecule has 0 saturated carbocycles. The monoisotopic (exact) mass is 298 g/mol. The van der Waals surface area contributed by atoms with E-state index in [1.54, 1.807) is 4.90 Å². The molecule has 0 amide bonds. The molecule has 0 fully saturated rings. The van der Waals surface area contributed by atoms with Crippen LogP contribution in [0.1, 0.15) is 30.0 Å². The first kappa shape index (κ1) is 16.7. The van der Waals surface area contributed by atoms with Gasteiger partial charge in [0.05, 0.1) is 0 Å². The van der Waals surface area contributed by atoms with E-state index in [-0.39, 0.29) is 17.7 Å². The molecule has 1 aromatic heterocycles. The van der Waals surface area contributed by atoms with Crippen LogP contribution in [0.5, 0.6) is 0 Å². The topological polar surface area (TPSA) is 134 Å². The highest BCUT2D eigenvalue weighted by molar-refractivity contribution is 5.85. The Morgan fingerprint density at radius 2 is 1.90 bits per heavy atom. The normalized spacial score (nSPS) is 12.0. The van der Waals surface area contributed by atoms with E-state index >= 15 is 0 Å². The van der Waals surface area contributed by atoms with Gasteiger partial charge in [-0.05, 0) is 25.5 Å². The van der Waals surface area contributed by atoms with Gasteiger partial charge in [0.2, 0.25) is 5.76 Å². The fourth-order valence-electron chi connectivity index (χ4n) is 1.99. The van der Waals surface area contributed by atoms with Gasteiger partial charge in [-0.25, -0.2) is 9.59 Å². The van der Waals surface area contributed by atoms with Crippen LogP contribution in [-0.2, 0) is 11.2 Å². The lowest BCUT2D eigenvalue weighted by atomic mass is 10.0. The number of aromatic carboxylic acids is 1. The molecule has 0 aliphatic heterocycles. The van der Waals surface area contributed by atoms with Crippen molar-refractivity contribution in [3.8, 4) is 0 Å². The van der Waals surface area contributed by atoms with E-state index in [0.717, 1.165) is 6.07 Å². The molecule has 0 spiro atoms. The van der Waals surface area contributed by atoms with Gasteiger partial charge in [-0.3, -0.25) is 4.79 Å². The van der Waals surface area contributed by atoms with Gasteiger partial charge in [0, 0.05) is 19.5 Å². The molecule has 116 valence electrons. The summed E-state index contributed by atoms with van der Waals surface area (Å²) in [4.78, 5) is 35.5. The van der Waals surface area contributed by atoms with Crippen LogP contribution in [0.15, 0.2) is 15.3 Å². The first-order valence-electron chi connectivity index (χ1n) is 6.45. The molecule has 0 radical (unpaired) electrons. The summed E-state index contributed by atoms with van der Waals surface area (Å²) in [7, 11) is 0. The van der Waals surface area contributed by atoms with Crippen molar-refractivity contribution in [3.05, 3.63) is 27.8 Å². The van der Waals surface area contributed by atoms with Crippen LogP contribution >= 0.6 is 0 Å². The lowest BCUT2D eigenvalue weighted by Crippen LogP contribution is -2.35. The molecular formula is C13H18N2O6. The van der Waals surface area contributed by atoms with Crippen molar-refractivity contribution in [2.24, 2.45) is 5.73 Å². The predicted octanol–water partition coefficient (Wildman–Crippen LogP) is 0.139. The Labute approximate surface area is 120 Å². The van der Waals surface area contributed by atoms with Gasteiger partial charge >= 0.3 is 17.6 Å². The Balaban J connectivity index is 3.43. The minimum absolute atomic E-state index is 0.154. The number of aliphatic carboxylic acids is 1. The maximum absolute atomic E-state index is 12.0. The smallest absolute Gasteiger partial charge is 0.371 e. The summed E-state index contributed by atoms with van der Waals surface area (Å²) in [5.74, 6) is -3.17. The van der Waals surface area contributed by atoms with Gasteiger partial charge < -0.3 is 25.3 Å². The van der Waals surface area contributed by atoms with E-state index < -0.39 is 29.4 Å². The molecule has 0 aromatic carbocycles. The van der Waals surface area contributed by atoms with E-state index in [1.807, 2.05) is 13.8 Å². The molecule has 21 heavy (non-hydrogen) atoms. The standard InChI is InChI=1S/C13H18N2O6/c1-3-15(4-2)10-7(5-8(14)11(16)17)6-9(12(18)19)21-13(10)20/h6,8H,3-5,14H2,1-2H3,(H,16,17)(H,18,19). The second-order valence-corrected chi connectivity index (χ2v) is 4.40. The molecule has 8 nitrogen and oxygen atoms in total. The molecule has 0 saturated heterocycles. The molecule has 1 heterocycles. The SMILES string of the molecule is CCN(CC)c1c(CC(N)C(=O)O)cc(C(=O)O)oc1=O. The number of carbonyl (C=O) groups is 2. The molecule has 1 unspecified atom stereocenters. The minimum atomic E-state index is -1.40. The van der Waals surface area contributed by atoms with Gasteiger partial charge in [0.25, 0.3) is 0 Å². The second kappa shape index (κ2) is 6.89. The first-order valence-corrected chi connectivity index (χ1v) is 6.45. The summed E-state index contributed by atoms with van der Waals surface area (Å²) in [6, 6.07) is -0.0806. The lowest BCUT2D eigenvalue weighted by molar-refractivity contribution is -0.138. The third-order valence-electron chi connectivity index (χ3n) is 3.05. The zero-order valence-corrected chi connectivity index (χ0v) is 11.8. The van der Waals surface area contributed by atoms with Gasteiger partial charge in [-0.2, -0.15) is 0 Å². The molecule has 1 atom stereocenters. The number of nitrogens with two attached hydrogens (primary N) is 1. The summed E-state index contributed by atoms with van der Waals surface area (Å²) < 4.78 is 4.75. The third kappa shape index (κ3) is 3.82. The summed E-state index contributed by atoms with van der Waals surface area (Å²) in [6.07, 6.45) is -0.160. The third-order valence-corrected chi connectivity index (χ3v) is 3.05. The zero-order valence-electron chi connectivity index (χ0n) is 11.8. The summed E-state index contributed by atoms with van der Waals surface area (Å²) in [5, 5.41) is 17.8. The van der Waals surface area contributed by atoms with E-state index in [0.29, 0.717) is 13.1 Å². The average molecular weight is 298 g/mol. The van der Waals surface area contributed by atoms with E-state index in [9.17, 15) is 14.4 Å². The number of rotatable bonds is 7. The number of carboxylic acid groups (broad SMARTS) is 2. The zero-order chi connectivity index (χ0) is 16.2. The van der Waals surface area contributed by atoms with Crippen molar-refractivity contribution < 1.29 is 24.2 Å². The molecule has 0 aliphatic rings. The molecule has 0 bridgehead atoms. The molecule has 0 aliphatic carbocycles. The van der Waals surface area contributed by atoms with Crippen LogP contribution in [0.3, 0.4) is 0 Å². The highest BCUT2D eigenvalue weighted by atomic mass is 16.4. The predicted molar refractivity (Wildman–Crippen MR) is 74.8 cm³/mol. The van der Waals surface area contributed by atoms with Crippen molar-refractivity contribution in [1.29, 1.82) is 0 Å². The Hall–Kier alpha value is -2.35. The summed E-state index contributed by atoms with van der Waals surface area (Å²) in [6.45, 7) is 4.61. The fraction of sp³-hybridized carbons (Fsp3) is 0.462. The molecule has 1 aromatic rings. The van der Waals surface area contributed by atoms with Gasteiger partial charge in [0.15, 0.2) is 0 Å². The fourth-order valence-corrected chi connectivity index (χ4v) is 1.99. The number of hydrogen-bond donors (Lipinski definition) is 3. The van der Waals surface area contributed by atoms with Gasteiger partial charge in [-0.15, -0.1) is 0 Å². The van der Waals surface area contributed by atoms with E-state index in [4.69, 9.17) is 20.4 Å². The van der Waals surface area contributed by atoms with Crippen LogP contribution in [0.25, 0.3) is 0 Å². The first-order chi connectivity index (χ1) is 9.81. The maximum atomic E-state index is 12.0. The quantitative estimate of drug-likeness (QED) is 0.647. The van der Waals surface area contributed by atoms with E-state index in [2.05, 4.69) is 0 Å². The highest BCUT2D eigenvalue weighted by Crippen LogP contribution is 2.19. The number of hydrogen-bond acceptors (Lipinski definition) is 6. The summed E-state index contributed by atoms with van der Waals surface area (Å²) in [5.41, 5.74) is 5.07. The Bertz CT molecular complexity index is 591. The largest absolute Gasteiger partial charge is 0.480 e. The summed E-state index contributed by atoms with van der Waals surface area (Å²) >= 11 is 0. The van der Waals surface area contributed by atoms with Crippen molar-refractivity contribution in [2.75, 3.05) is 18.0 Å². The second-order valence-electron chi connectivity index (χ2n) is 4.40. The Morgan fingerprint density at radius 3 is 2.33 bits per heavy atom. The molecule has 4 N–H and O–H groups in total. The Morgan fingerprint density at radius 1 is 1.33 bits per heavy atom. The van der Waals surface area contributed by atoms with Crippen LogP contribution < -0.4 is 16.3 Å². The number of anilines is 1. The lowest BCUT2D eigenvalue weighted by Gasteiger charge is -2.23. The van der Waals surface area contributed by atoms with Crippen molar-refractivity contribution in [1.82, 2.24) is 0 Å². The van der Waals surface area contributed by atoms with Crippen molar-refractivity contribution in [2.45, 2.75) is 26.3 Å². The van der Waals surface area contributed by atoms with Crippen LogP contribution in [-0.4, -0.2) is 41.3 Å². The minimum Gasteiger partial charge on any atom is -0.480 e. The van der Waals surface area contributed by atoms with Crippen LogP contribution in [0, 0.1) is 0 Å². The Kier molecular flexibility index (Phi) is 5.48. The molecule has 1 rings (SSSR count). The van der Waals surface area contributed by atoms with Gasteiger partial charge in [-0.1, -0.05) is 0 Å². The molecule has 8 heteroatoms. The molecular weight excluding hydrogens is 280 g/mol. The maximum Gasteiger partial charge on any atom is 0.371 e. The number of carboxylic acids is 2. The number of nitrogens with zero attached hydrogens (tertiary/aromatic N) is 1. The highest BCUT2D eigenvalue weighted by Gasteiger charge is 2.22. The van der Waals surface area contributed by atoms with Gasteiger partial charge in [0.1, 0.15) is 11.7 Å². The average Bonchev–Trinajstić information content (AvgIpc) is 2.41.